The Labute approximate surface area is 146 Å². The molecule has 24 heavy (non-hydrogen) atoms. The van der Waals surface area contributed by atoms with E-state index >= 15 is 0 Å². The molecule has 0 aromatic heterocycles. The molecular weight excluding hydrogens is 300 g/mol. The Bertz CT molecular complexity index is 563. The van der Waals surface area contributed by atoms with Gasteiger partial charge in [-0.3, -0.25) is 4.79 Å². The minimum atomic E-state index is -0.491. The third-order valence-electron chi connectivity index (χ3n) is 4.96. The van der Waals surface area contributed by atoms with Crippen LogP contribution < -0.4 is 15.4 Å². The van der Waals surface area contributed by atoms with Crippen LogP contribution >= 0.6 is 0 Å². The van der Waals surface area contributed by atoms with Crippen LogP contribution in [0.3, 0.4) is 0 Å². The number of rotatable bonds is 6. The molecule has 1 fully saturated rings. The zero-order valence-corrected chi connectivity index (χ0v) is 15.7. The van der Waals surface area contributed by atoms with Crippen LogP contribution in [0.2, 0.25) is 0 Å². The first-order valence-corrected chi connectivity index (χ1v) is 9.06. The van der Waals surface area contributed by atoms with E-state index in [-0.39, 0.29) is 11.3 Å². The summed E-state index contributed by atoms with van der Waals surface area (Å²) in [4.78, 5) is 12.4. The standard InChI is InChI=1S/C20H32N2O2/c1-14(2)17-7-6-15(3)12-18(17)24-16(4)19(23)22-13-20(5)8-10-21-11-9-20/h6-7,12,14,16,21H,8-11,13H2,1-5H3,(H,22,23). The van der Waals surface area contributed by atoms with Crippen molar-refractivity contribution < 1.29 is 9.53 Å². The minimum Gasteiger partial charge on any atom is -0.481 e. The first kappa shape index (κ1) is 18.8. The second kappa shape index (κ2) is 8.02. The van der Waals surface area contributed by atoms with E-state index in [9.17, 15) is 4.79 Å². The molecule has 1 unspecified atom stereocenters. The summed E-state index contributed by atoms with van der Waals surface area (Å²) in [6.07, 6.45) is 1.70. The van der Waals surface area contributed by atoms with Gasteiger partial charge in [0, 0.05) is 6.54 Å². The quantitative estimate of drug-likeness (QED) is 0.839. The number of hydrogen-bond donors (Lipinski definition) is 2. The molecule has 0 radical (unpaired) electrons. The summed E-state index contributed by atoms with van der Waals surface area (Å²) in [6.45, 7) is 13.2. The van der Waals surface area contributed by atoms with Crippen molar-refractivity contribution in [2.75, 3.05) is 19.6 Å². The van der Waals surface area contributed by atoms with Gasteiger partial charge in [-0.05, 0) is 68.3 Å². The maximum Gasteiger partial charge on any atom is 0.260 e. The van der Waals surface area contributed by atoms with Crippen LogP contribution in [-0.4, -0.2) is 31.6 Å². The smallest absolute Gasteiger partial charge is 0.260 e. The molecule has 1 atom stereocenters. The van der Waals surface area contributed by atoms with E-state index in [1.807, 2.05) is 19.9 Å². The van der Waals surface area contributed by atoms with Gasteiger partial charge in [0.1, 0.15) is 5.75 Å². The Hall–Kier alpha value is -1.55. The summed E-state index contributed by atoms with van der Waals surface area (Å²) in [6, 6.07) is 6.20. The highest BCUT2D eigenvalue weighted by molar-refractivity contribution is 5.80. The van der Waals surface area contributed by atoms with Gasteiger partial charge >= 0.3 is 0 Å². The number of piperidine rings is 1. The Morgan fingerprint density at radius 1 is 1.29 bits per heavy atom. The number of carbonyl (C=O) groups is 1. The highest BCUT2D eigenvalue weighted by Crippen LogP contribution is 2.29. The van der Waals surface area contributed by atoms with Crippen molar-refractivity contribution in [1.29, 1.82) is 0 Å². The topological polar surface area (TPSA) is 50.4 Å². The SMILES string of the molecule is Cc1ccc(C(C)C)c(OC(C)C(=O)NCC2(C)CCNCC2)c1. The van der Waals surface area contributed by atoms with Gasteiger partial charge in [0.2, 0.25) is 0 Å². The van der Waals surface area contributed by atoms with Crippen molar-refractivity contribution in [1.82, 2.24) is 10.6 Å². The van der Waals surface area contributed by atoms with Gasteiger partial charge in [0.15, 0.2) is 6.10 Å². The molecule has 1 saturated heterocycles. The Morgan fingerprint density at radius 3 is 2.58 bits per heavy atom. The highest BCUT2D eigenvalue weighted by atomic mass is 16.5. The lowest BCUT2D eigenvalue weighted by molar-refractivity contribution is -0.127. The molecule has 1 aromatic rings. The van der Waals surface area contributed by atoms with Crippen molar-refractivity contribution >= 4 is 5.91 Å². The molecule has 0 saturated carbocycles. The molecule has 2 N–H and O–H groups in total. The molecule has 1 aliphatic heterocycles. The van der Waals surface area contributed by atoms with E-state index in [0.29, 0.717) is 12.5 Å². The van der Waals surface area contributed by atoms with E-state index in [1.54, 1.807) is 0 Å². The van der Waals surface area contributed by atoms with E-state index < -0.39 is 6.10 Å². The van der Waals surface area contributed by atoms with E-state index in [1.165, 1.54) is 0 Å². The zero-order chi connectivity index (χ0) is 17.7. The normalized spacial score (nSPS) is 18.2. The predicted molar refractivity (Wildman–Crippen MR) is 98.6 cm³/mol. The number of amides is 1. The van der Waals surface area contributed by atoms with Crippen molar-refractivity contribution in [2.45, 2.75) is 59.5 Å². The van der Waals surface area contributed by atoms with Crippen LogP contribution in [0.5, 0.6) is 5.75 Å². The molecule has 4 nitrogen and oxygen atoms in total. The molecule has 134 valence electrons. The third-order valence-corrected chi connectivity index (χ3v) is 4.96. The van der Waals surface area contributed by atoms with Crippen LogP contribution in [0.1, 0.15) is 57.6 Å². The summed E-state index contributed by atoms with van der Waals surface area (Å²) >= 11 is 0. The lowest BCUT2D eigenvalue weighted by atomic mass is 9.81. The van der Waals surface area contributed by atoms with E-state index in [4.69, 9.17) is 4.74 Å². The molecule has 1 aliphatic rings. The molecule has 0 spiro atoms. The Morgan fingerprint density at radius 2 is 1.96 bits per heavy atom. The average Bonchev–Trinajstić information content (AvgIpc) is 2.53. The fourth-order valence-electron chi connectivity index (χ4n) is 3.12. The van der Waals surface area contributed by atoms with Gasteiger partial charge in [-0.2, -0.15) is 0 Å². The number of ether oxygens (including phenoxy) is 1. The Balaban J connectivity index is 1.95. The first-order chi connectivity index (χ1) is 11.3. The average molecular weight is 332 g/mol. The molecule has 4 heteroatoms. The zero-order valence-electron chi connectivity index (χ0n) is 15.7. The first-order valence-electron chi connectivity index (χ1n) is 9.06. The monoisotopic (exact) mass is 332 g/mol. The lowest BCUT2D eigenvalue weighted by Crippen LogP contribution is -2.45. The summed E-state index contributed by atoms with van der Waals surface area (Å²) in [5, 5.41) is 6.45. The lowest BCUT2D eigenvalue weighted by Gasteiger charge is -2.34. The summed E-state index contributed by atoms with van der Waals surface area (Å²) in [7, 11) is 0. The maximum atomic E-state index is 12.4. The minimum absolute atomic E-state index is 0.0361. The molecular formula is C20H32N2O2. The van der Waals surface area contributed by atoms with Crippen molar-refractivity contribution in [2.24, 2.45) is 5.41 Å². The van der Waals surface area contributed by atoms with Gasteiger partial charge in [-0.25, -0.2) is 0 Å². The van der Waals surface area contributed by atoms with Gasteiger partial charge < -0.3 is 15.4 Å². The number of nitrogens with one attached hydrogen (secondary N) is 2. The highest BCUT2D eigenvalue weighted by Gasteiger charge is 2.28. The summed E-state index contributed by atoms with van der Waals surface area (Å²) in [5.41, 5.74) is 2.47. The third kappa shape index (κ3) is 4.97. The summed E-state index contributed by atoms with van der Waals surface area (Å²) < 4.78 is 6.00. The number of aryl methyl sites for hydroxylation is 1. The van der Waals surface area contributed by atoms with Crippen LogP contribution in [0, 0.1) is 12.3 Å². The molecule has 0 aliphatic carbocycles. The van der Waals surface area contributed by atoms with Crippen LogP contribution in [-0.2, 0) is 4.79 Å². The Kier molecular flexibility index (Phi) is 6.27. The fourth-order valence-corrected chi connectivity index (χ4v) is 3.12. The van der Waals surface area contributed by atoms with E-state index in [0.717, 1.165) is 42.8 Å². The van der Waals surface area contributed by atoms with Gasteiger partial charge in [0.25, 0.3) is 5.91 Å². The number of benzene rings is 1. The number of carbonyl (C=O) groups excluding carboxylic acids is 1. The maximum absolute atomic E-state index is 12.4. The fraction of sp³-hybridized carbons (Fsp3) is 0.650. The second-order valence-corrected chi connectivity index (χ2v) is 7.73. The molecule has 1 aromatic carbocycles. The predicted octanol–water partition coefficient (Wildman–Crippen LogP) is 3.39. The van der Waals surface area contributed by atoms with E-state index in [2.05, 4.69) is 43.5 Å². The number of hydrogen-bond acceptors (Lipinski definition) is 3. The van der Waals surface area contributed by atoms with Crippen molar-refractivity contribution in [3.63, 3.8) is 0 Å². The van der Waals surface area contributed by atoms with Gasteiger partial charge in [-0.15, -0.1) is 0 Å². The van der Waals surface area contributed by atoms with Crippen LogP contribution in [0.25, 0.3) is 0 Å². The van der Waals surface area contributed by atoms with Crippen LogP contribution in [0.15, 0.2) is 18.2 Å². The molecule has 1 heterocycles. The van der Waals surface area contributed by atoms with Gasteiger partial charge in [-0.1, -0.05) is 32.9 Å². The van der Waals surface area contributed by atoms with Gasteiger partial charge in [0.05, 0.1) is 0 Å². The largest absolute Gasteiger partial charge is 0.481 e. The van der Waals surface area contributed by atoms with Crippen molar-refractivity contribution in [3.8, 4) is 5.75 Å². The second-order valence-electron chi connectivity index (χ2n) is 7.73. The molecule has 0 bridgehead atoms. The molecule has 1 amide bonds. The van der Waals surface area contributed by atoms with Crippen molar-refractivity contribution in [3.05, 3.63) is 29.3 Å². The van der Waals surface area contributed by atoms with Crippen LogP contribution in [0.4, 0.5) is 0 Å². The summed E-state index contributed by atoms with van der Waals surface area (Å²) in [5.74, 6) is 1.15. The molecule has 2 rings (SSSR count).